The first-order chi connectivity index (χ1) is 22.0. The summed E-state index contributed by atoms with van der Waals surface area (Å²) in [6, 6.07) is 31.1. The number of hydrogen-bond donors (Lipinski definition) is 0. The summed E-state index contributed by atoms with van der Waals surface area (Å²) in [7, 11) is -1.50. The summed E-state index contributed by atoms with van der Waals surface area (Å²) in [6.07, 6.45) is 9.17. The van der Waals surface area contributed by atoms with Gasteiger partial charge in [0, 0.05) is 32.4 Å². The molecule has 0 atom stereocenters. The molecule has 0 unspecified atom stereocenters. The molecule has 0 N–H and O–H groups in total. The fraction of sp³-hybridized carbons (Fsp3) is 0.300. The van der Waals surface area contributed by atoms with Gasteiger partial charge in [0.25, 0.3) is 0 Å². The molecule has 3 aromatic carbocycles. The van der Waals surface area contributed by atoms with Crippen LogP contribution in [-0.2, 0) is 26.5 Å². The maximum atomic E-state index is 14.3. The van der Waals surface area contributed by atoms with Crippen molar-refractivity contribution in [1.82, 2.24) is 9.97 Å². The third-order valence-electron chi connectivity index (χ3n) is 8.74. The van der Waals surface area contributed by atoms with E-state index in [0.29, 0.717) is 5.92 Å². The molecule has 3 heterocycles. The Hall–Kier alpha value is -3.02. The van der Waals surface area contributed by atoms with Gasteiger partial charge in [-0.3, -0.25) is 0 Å². The summed E-state index contributed by atoms with van der Waals surface area (Å²) in [6.45, 7) is 10.8. The molecule has 0 aliphatic heterocycles. The van der Waals surface area contributed by atoms with Crippen molar-refractivity contribution < 1.29 is 25.9 Å². The van der Waals surface area contributed by atoms with E-state index in [0.717, 1.165) is 40.1 Å². The predicted molar refractivity (Wildman–Crippen MR) is 193 cm³/mol. The van der Waals surface area contributed by atoms with E-state index in [4.69, 9.17) is 1.37 Å². The molecule has 0 saturated heterocycles. The first-order valence-electron chi connectivity index (χ1n) is 16.4. The first-order valence-corrected chi connectivity index (χ1v) is 20.2. The van der Waals surface area contributed by atoms with Crippen molar-refractivity contribution in [3.05, 3.63) is 114 Å². The molecule has 2 nitrogen and oxygen atoms in total. The number of nitrogens with zero attached hydrogens (tertiary/aromatic N) is 2. The molecule has 239 valence electrons. The van der Waals surface area contributed by atoms with Gasteiger partial charge in [-0.15, -0.1) is 59.7 Å². The van der Waals surface area contributed by atoms with E-state index in [2.05, 4.69) is 78.1 Å². The van der Waals surface area contributed by atoms with Crippen LogP contribution >= 0.6 is 11.3 Å². The van der Waals surface area contributed by atoms with E-state index in [9.17, 15) is 4.39 Å². The zero-order valence-electron chi connectivity index (χ0n) is 28.2. The van der Waals surface area contributed by atoms with Gasteiger partial charge in [0.05, 0.1) is 14.3 Å². The van der Waals surface area contributed by atoms with Gasteiger partial charge in [0.2, 0.25) is 0 Å². The number of fused-ring (bicyclic) bond motifs is 3. The van der Waals surface area contributed by atoms with Crippen LogP contribution in [0, 0.1) is 23.9 Å². The van der Waals surface area contributed by atoms with Crippen molar-refractivity contribution >= 4 is 44.8 Å². The van der Waals surface area contributed by atoms with Gasteiger partial charge < -0.3 is 9.97 Å². The molecule has 1 saturated carbocycles. The maximum absolute atomic E-state index is 14.3. The zero-order valence-corrected chi connectivity index (χ0v) is 31.4. The van der Waals surface area contributed by atoms with Gasteiger partial charge in [-0.2, -0.15) is 11.3 Å². The van der Waals surface area contributed by atoms with Crippen LogP contribution in [0.4, 0.5) is 4.39 Å². The van der Waals surface area contributed by atoms with Crippen molar-refractivity contribution in [1.29, 1.82) is 0 Å². The van der Waals surface area contributed by atoms with Gasteiger partial charge in [0.1, 0.15) is 5.82 Å². The van der Waals surface area contributed by atoms with Crippen LogP contribution in [0.2, 0.25) is 19.6 Å². The van der Waals surface area contributed by atoms with Gasteiger partial charge in [0.15, 0.2) is 0 Å². The Morgan fingerprint density at radius 3 is 2.33 bits per heavy atom. The van der Waals surface area contributed by atoms with Crippen LogP contribution < -0.4 is 5.19 Å². The Bertz CT molecular complexity index is 1970. The fourth-order valence-corrected chi connectivity index (χ4v) is 8.94. The molecule has 3 aromatic heterocycles. The van der Waals surface area contributed by atoms with Crippen LogP contribution in [0.15, 0.2) is 85.2 Å². The second kappa shape index (κ2) is 14.8. The predicted octanol–water partition coefficient (Wildman–Crippen LogP) is 11.0. The Labute approximate surface area is 293 Å². The molecule has 6 aromatic rings. The summed E-state index contributed by atoms with van der Waals surface area (Å²) in [4.78, 5) is 8.96. The zero-order chi connectivity index (χ0) is 32.5. The van der Waals surface area contributed by atoms with Crippen molar-refractivity contribution in [2.45, 2.75) is 71.5 Å². The summed E-state index contributed by atoms with van der Waals surface area (Å²) in [5.74, 6) is -0.169. The molecule has 1 radical (unpaired) electrons. The van der Waals surface area contributed by atoms with Crippen LogP contribution in [0.25, 0.3) is 42.7 Å². The largest absolute Gasteiger partial charge is 0.305 e. The molecule has 7 rings (SSSR count). The Balaban J connectivity index is 0.000000188. The normalized spacial score (nSPS) is 14.1. The number of rotatable bonds is 6. The van der Waals surface area contributed by atoms with E-state index >= 15 is 0 Å². The Kier molecular flexibility index (Phi) is 10.6. The van der Waals surface area contributed by atoms with E-state index in [1.165, 1.54) is 57.2 Å². The van der Waals surface area contributed by atoms with Crippen molar-refractivity contribution in [2.24, 2.45) is 5.92 Å². The summed E-state index contributed by atoms with van der Waals surface area (Å²) in [5.41, 5.74) is 5.54. The molecule has 0 amide bonds. The van der Waals surface area contributed by atoms with Crippen LogP contribution in [0.3, 0.4) is 0 Å². The van der Waals surface area contributed by atoms with Gasteiger partial charge in [-0.1, -0.05) is 100 Å². The SMILES string of the molecule is Fc1cnc(-c2[c-]cc3sc4ccccc4c3c2)cc1CC1CCCC1.[2H]C(C)(C)c1cc(-c2[c-]cccc2)ncc1[Si](C)(C)C.[Ir]. The quantitative estimate of drug-likeness (QED) is 0.124. The minimum atomic E-state index is -1.50. The molecule has 0 bridgehead atoms. The number of aromatic nitrogens is 2. The number of hydrogen-bond acceptors (Lipinski definition) is 3. The minimum absolute atomic E-state index is 0. The Morgan fingerprint density at radius 1 is 0.891 bits per heavy atom. The minimum Gasteiger partial charge on any atom is -0.305 e. The van der Waals surface area contributed by atoms with Gasteiger partial charge in [-0.05, 0) is 56.5 Å². The number of halogens is 1. The molecule has 0 spiro atoms. The van der Waals surface area contributed by atoms with E-state index < -0.39 is 14.0 Å². The first kappa shape index (κ1) is 32.9. The van der Waals surface area contributed by atoms with Gasteiger partial charge >= 0.3 is 0 Å². The third kappa shape index (κ3) is 7.74. The monoisotopic (exact) mass is 822 g/mol. The molecule has 1 aliphatic rings. The number of benzene rings is 3. The van der Waals surface area contributed by atoms with Gasteiger partial charge in [-0.25, -0.2) is 4.39 Å². The van der Waals surface area contributed by atoms with Crippen molar-refractivity contribution in [2.75, 3.05) is 0 Å². The maximum Gasteiger partial charge on any atom is 0.142 e. The molecular formula is C40H41FIrN2SSi-2. The van der Waals surface area contributed by atoms with E-state index in [1.807, 2.05) is 56.4 Å². The molecular weight excluding hydrogens is 780 g/mol. The molecule has 1 fully saturated rings. The molecule has 46 heavy (non-hydrogen) atoms. The number of pyridine rings is 2. The topological polar surface area (TPSA) is 25.8 Å². The standard InChI is InChI=1S/C23H19FNS.C17H22NSi.Ir/c24-20-14-25-21(13-17(20)11-15-5-1-2-6-15)16-9-10-23-19(12-16)18-7-3-4-8-22(18)26-23;1-13(2)15-11-16(14-9-7-6-8-10-14)18-12-17(15)19(3,4)5;/h3-4,7-8,10,12-15H,1-2,5-6,11H2;6-9,11-13H,1-5H3;/q2*-1;/i;13D;. The van der Waals surface area contributed by atoms with Crippen molar-refractivity contribution in [3.8, 4) is 22.5 Å². The smallest absolute Gasteiger partial charge is 0.142 e. The van der Waals surface area contributed by atoms with E-state index in [1.54, 1.807) is 11.3 Å². The summed E-state index contributed by atoms with van der Waals surface area (Å²) >= 11 is 1.78. The van der Waals surface area contributed by atoms with Crippen molar-refractivity contribution in [3.63, 3.8) is 0 Å². The third-order valence-corrected chi connectivity index (χ3v) is 11.9. The number of thiophene rings is 1. The van der Waals surface area contributed by atoms with Crippen LogP contribution in [0.5, 0.6) is 0 Å². The van der Waals surface area contributed by atoms with E-state index in [-0.39, 0.29) is 25.9 Å². The fourth-order valence-electron chi connectivity index (χ4n) is 6.29. The average molecular weight is 822 g/mol. The second-order valence-corrected chi connectivity index (χ2v) is 19.5. The summed E-state index contributed by atoms with van der Waals surface area (Å²) < 4.78 is 25.2. The second-order valence-electron chi connectivity index (χ2n) is 13.4. The molecule has 6 heteroatoms. The average Bonchev–Trinajstić information content (AvgIpc) is 3.69. The molecule has 1 aliphatic carbocycles. The Morgan fingerprint density at radius 2 is 1.61 bits per heavy atom. The van der Waals surface area contributed by atoms with Crippen LogP contribution in [-0.4, -0.2) is 18.0 Å². The van der Waals surface area contributed by atoms with Crippen LogP contribution in [0.1, 0.15) is 57.9 Å². The summed E-state index contributed by atoms with van der Waals surface area (Å²) in [5, 5.41) is 3.76.